The molecule has 0 bridgehead atoms. The van der Waals surface area contributed by atoms with Crippen molar-refractivity contribution in [3.8, 4) is 5.75 Å². The summed E-state index contributed by atoms with van der Waals surface area (Å²) in [7, 11) is 1.55. The lowest BCUT2D eigenvalue weighted by Crippen LogP contribution is -2.33. The number of hydrogen-bond acceptors (Lipinski definition) is 6. The van der Waals surface area contributed by atoms with E-state index in [0.717, 1.165) is 22.2 Å². The predicted octanol–water partition coefficient (Wildman–Crippen LogP) is 3.52. The normalized spacial score (nSPS) is 15.3. The average Bonchev–Trinajstić information content (AvgIpc) is 3.20. The molecule has 2 heterocycles. The van der Waals surface area contributed by atoms with E-state index < -0.39 is 18.4 Å². The largest absolute Gasteiger partial charge is 0.497 e. The van der Waals surface area contributed by atoms with Gasteiger partial charge in [0.2, 0.25) is 0 Å². The number of imidazole rings is 1. The van der Waals surface area contributed by atoms with Crippen molar-refractivity contribution in [3.05, 3.63) is 64.6 Å². The van der Waals surface area contributed by atoms with Crippen LogP contribution in [-0.2, 0) is 16.1 Å². The van der Waals surface area contributed by atoms with Gasteiger partial charge in [-0.25, -0.2) is 9.37 Å². The Hall–Kier alpha value is -3.24. The molecule has 0 spiro atoms. The number of halogens is 1. The van der Waals surface area contributed by atoms with Crippen LogP contribution in [0.3, 0.4) is 0 Å². The van der Waals surface area contributed by atoms with Crippen molar-refractivity contribution in [1.82, 2.24) is 14.5 Å². The van der Waals surface area contributed by atoms with Crippen molar-refractivity contribution in [2.75, 3.05) is 13.7 Å². The van der Waals surface area contributed by atoms with E-state index in [-0.39, 0.29) is 21.6 Å². The molecule has 1 aliphatic heterocycles. The molecule has 0 saturated carbocycles. The number of carbonyl (C=O) groups excluding carboxylic acids is 1. The van der Waals surface area contributed by atoms with Crippen LogP contribution in [0.4, 0.5) is 4.39 Å². The number of benzene rings is 2. The van der Waals surface area contributed by atoms with Crippen LogP contribution in [-0.4, -0.2) is 49.4 Å². The Morgan fingerprint density at radius 2 is 2.10 bits per heavy atom. The van der Waals surface area contributed by atoms with Crippen LogP contribution < -0.4 is 4.74 Å². The molecular formula is C21H16FN3O4S2. The summed E-state index contributed by atoms with van der Waals surface area (Å²) in [5, 5.41) is 9.02. The summed E-state index contributed by atoms with van der Waals surface area (Å²) in [6.45, 7) is -0.318. The summed E-state index contributed by atoms with van der Waals surface area (Å²) in [6.07, 6.45) is 1.55. The minimum atomic E-state index is -1.16. The fourth-order valence-electron chi connectivity index (χ4n) is 3.22. The molecule has 1 N–H and O–H groups in total. The minimum absolute atomic E-state index is 0.164. The van der Waals surface area contributed by atoms with Gasteiger partial charge in [0.25, 0.3) is 5.91 Å². The number of thiocarbonyl (C=S) groups is 1. The molecule has 1 amide bonds. The van der Waals surface area contributed by atoms with Crippen molar-refractivity contribution in [2.45, 2.75) is 6.54 Å². The molecule has 1 aromatic heterocycles. The first-order chi connectivity index (χ1) is 14.9. The van der Waals surface area contributed by atoms with Crippen molar-refractivity contribution in [3.63, 3.8) is 0 Å². The van der Waals surface area contributed by atoms with Gasteiger partial charge in [-0.3, -0.25) is 14.5 Å². The molecule has 1 fully saturated rings. The Morgan fingerprint density at radius 3 is 2.81 bits per heavy atom. The maximum absolute atomic E-state index is 14.3. The molecule has 10 heteroatoms. The predicted molar refractivity (Wildman–Crippen MR) is 119 cm³/mol. The Bertz CT molecular complexity index is 1250. The molecule has 0 radical (unpaired) electrons. The summed E-state index contributed by atoms with van der Waals surface area (Å²) < 4.78 is 21.5. The number of ether oxygens (including phenoxy) is 1. The fourth-order valence-corrected chi connectivity index (χ4v) is 4.44. The van der Waals surface area contributed by atoms with Gasteiger partial charge in [-0.2, -0.15) is 0 Å². The number of carboxylic acid groups (broad SMARTS) is 1. The van der Waals surface area contributed by atoms with Crippen molar-refractivity contribution >= 4 is 57.3 Å². The number of nitrogens with zero attached hydrogens (tertiary/aromatic N) is 3. The molecule has 0 atom stereocenters. The number of rotatable bonds is 6. The highest BCUT2D eigenvalue weighted by Gasteiger charge is 2.33. The third kappa shape index (κ3) is 4.17. The number of aromatic nitrogens is 2. The topological polar surface area (TPSA) is 84.7 Å². The van der Waals surface area contributed by atoms with Gasteiger partial charge in [-0.1, -0.05) is 42.2 Å². The van der Waals surface area contributed by atoms with Crippen molar-refractivity contribution in [1.29, 1.82) is 0 Å². The lowest BCUT2D eigenvalue weighted by molar-refractivity contribution is -0.140. The summed E-state index contributed by atoms with van der Waals surface area (Å²) in [6, 6.07) is 11.8. The summed E-state index contributed by atoms with van der Waals surface area (Å²) in [4.78, 5) is 29.6. The van der Waals surface area contributed by atoms with Gasteiger partial charge >= 0.3 is 5.97 Å². The van der Waals surface area contributed by atoms with Gasteiger partial charge in [0.05, 0.1) is 29.6 Å². The molecule has 7 nitrogen and oxygen atoms in total. The maximum Gasteiger partial charge on any atom is 0.323 e. The fraction of sp³-hybridized carbons (Fsp3) is 0.143. The summed E-state index contributed by atoms with van der Waals surface area (Å²) >= 11 is 6.16. The number of aliphatic carboxylic acids is 1. The molecule has 1 saturated heterocycles. The number of methoxy groups -OCH3 is 1. The molecule has 3 aromatic rings. The van der Waals surface area contributed by atoms with E-state index in [0.29, 0.717) is 22.7 Å². The quantitative estimate of drug-likeness (QED) is 0.448. The van der Waals surface area contributed by atoms with Crippen LogP contribution in [0.2, 0.25) is 0 Å². The Labute approximate surface area is 186 Å². The number of thioether (sulfide) groups is 1. The smallest absolute Gasteiger partial charge is 0.323 e. The van der Waals surface area contributed by atoms with Gasteiger partial charge < -0.3 is 14.4 Å². The second-order valence-electron chi connectivity index (χ2n) is 6.66. The molecule has 2 aromatic carbocycles. The number of hydrogen-bond donors (Lipinski definition) is 1. The molecule has 1 aliphatic rings. The maximum atomic E-state index is 14.3. The Morgan fingerprint density at radius 1 is 1.32 bits per heavy atom. The van der Waals surface area contributed by atoms with E-state index in [1.807, 2.05) is 6.07 Å². The average molecular weight is 458 g/mol. The van der Waals surface area contributed by atoms with Crippen LogP contribution in [0.5, 0.6) is 5.75 Å². The lowest BCUT2D eigenvalue weighted by atomic mass is 10.2. The second-order valence-corrected chi connectivity index (χ2v) is 8.34. The molecule has 0 aliphatic carbocycles. The van der Waals surface area contributed by atoms with Gasteiger partial charge in [0, 0.05) is 17.7 Å². The van der Waals surface area contributed by atoms with E-state index in [9.17, 15) is 14.0 Å². The molecule has 31 heavy (non-hydrogen) atoms. The van der Waals surface area contributed by atoms with E-state index in [2.05, 4.69) is 4.98 Å². The van der Waals surface area contributed by atoms with E-state index in [4.69, 9.17) is 22.1 Å². The van der Waals surface area contributed by atoms with E-state index >= 15 is 0 Å². The first-order valence-electron chi connectivity index (χ1n) is 9.12. The van der Waals surface area contributed by atoms with Crippen LogP contribution in [0.25, 0.3) is 17.1 Å². The minimum Gasteiger partial charge on any atom is -0.497 e. The summed E-state index contributed by atoms with van der Waals surface area (Å²) in [5.41, 5.74) is 1.81. The standard InChI is InChI=1S/C21H16FN3O4S2/c1-29-13-6-7-16-15(8-13)23-18(24(16)10-12-4-2-3-5-14(12)22)9-17-20(28)25(11-19(26)27)21(30)31-17/h2-9H,10-11H2,1H3,(H,26,27)/b17-9-. The van der Waals surface area contributed by atoms with Crippen LogP contribution in [0, 0.1) is 5.82 Å². The lowest BCUT2D eigenvalue weighted by Gasteiger charge is -2.10. The zero-order valence-electron chi connectivity index (χ0n) is 16.2. The van der Waals surface area contributed by atoms with Gasteiger partial charge in [-0.15, -0.1) is 0 Å². The first-order valence-corrected chi connectivity index (χ1v) is 10.3. The van der Waals surface area contributed by atoms with Gasteiger partial charge in [0.1, 0.15) is 28.3 Å². The van der Waals surface area contributed by atoms with Crippen molar-refractivity contribution < 1.29 is 23.8 Å². The number of amides is 1. The number of carboxylic acids is 1. The second kappa shape index (κ2) is 8.48. The highest BCUT2D eigenvalue weighted by atomic mass is 32.2. The zero-order chi connectivity index (χ0) is 22.1. The van der Waals surface area contributed by atoms with Gasteiger partial charge in [0.15, 0.2) is 0 Å². The van der Waals surface area contributed by atoms with Crippen LogP contribution >= 0.6 is 24.0 Å². The van der Waals surface area contributed by atoms with E-state index in [1.165, 1.54) is 6.07 Å². The zero-order valence-corrected chi connectivity index (χ0v) is 17.9. The third-order valence-corrected chi connectivity index (χ3v) is 6.08. The van der Waals surface area contributed by atoms with Crippen LogP contribution in [0.15, 0.2) is 47.4 Å². The molecule has 158 valence electrons. The Balaban J connectivity index is 1.80. The Kier molecular flexibility index (Phi) is 5.75. The first kappa shape index (κ1) is 21.0. The highest BCUT2D eigenvalue weighted by Crippen LogP contribution is 2.33. The number of fused-ring (bicyclic) bond motifs is 1. The SMILES string of the molecule is COc1ccc2c(c1)nc(/C=C1\SC(=S)N(CC(=O)O)C1=O)n2Cc1ccccc1F. The van der Waals surface area contributed by atoms with Crippen molar-refractivity contribution in [2.24, 2.45) is 0 Å². The summed E-state index contributed by atoms with van der Waals surface area (Å²) in [5.74, 6) is -0.975. The molecular weight excluding hydrogens is 441 g/mol. The number of carbonyl (C=O) groups is 2. The molecule has 0 unspecified atom stereocenters. The highest BCUT2D eigenvalue weighted by molar-refractivity contribution is 8.26. The monoisotopic (exact) mass is 457 g/mol. The van der Waals surface area contributed by atoms with Gasteiger partial charge in [-0.05, 0) is 18.2 Å². The molecule has 4 rings (SSSR count). The van der Waals surface area contributed by atoms with E-state index in [1.54, 1.807) is 48.1 Å². The van der Waals surface area contributed by atoms with Crippen LogP contribution in [0.1, 0.15) is 11.4 Å². The third-order valence-electron chi connectivity index (χ3n) is 4.70.